The molecular formula is C38H68Cl3FN4O10S. The lowest BCUT2D eigenvalue weighted by atomic mass is 9.90. The summed E-state index contributed by atoms with van der Waals surface area (Å²) in [6.07, 6.45) is -0.236. The van der Waals surface area contributed by atoms with Crippen molar-refractivity contribution < 1.29 is 54.1 Å². The Morgan fingerprint density at radius 2 is 1.18 bits per heavy atom. The van der Waals surface area contributed by atoms with E-state index in [1.54, 1.807) is 27.0 Å². The first kappa shape index (κ1) is 51.0. The Hall–Kier alpha value is -0.310. The molecule has 4 fully saturated rings. The summed E-state index contributed by atoms with van der Waals surface area (Å²) in [5, 5.41) is 72.1. The van der Waals surface area contributed by atoms with E-state index in [4.69, 9.17) is 44.3 Å². The minimum atomic E-state index is -1.40. The number of hydrogen-bond donors (Lipinski definition) is 10. The summed E-state index contributed by atoms with van der Waals surface area (Å²) in [5.74, 6) is 1.19. The highest BCUT2D eigenvalue weighted by molar-refractivity contribution is 7.99. The van der Waals surface area contributed by atoms with Gasteiger partial charge in [-0.15, -0.1) is 46.6 Å². The molecule has 57 heavy (non-hydrogen) atoms. The standard InChI is InChI=1S/C19H34Cl2N2O5.C19H34ClFN2O5S/c1-10(21)14(18-17(26)16(25)15(24)11(2)28-18)23-19(27)13-6-5-12(4-3-8-20)7-9-22-13;1-10(20)13(17-15(25)14(24)16(26)19(28-17)29-2)23-18(27)12-6-5-11(4-3-8-21)7-9-22-12/h10-18,22,24-26H,3-9H2,1-2H3,(H,23,27);10-17,19,22,24-26H,3-9H2,1-2H3,(H,23,27)/t10-,11+,12-,13-,14+,15-,16+,17+,18+;10-,11-,12-,13+,14-,15+,16+,17+,19+/m00/s1. The van der Waals surface area contributed by atoms with Crippen LogP contribution in [0.1, 0.15) is 85.0 Å². The molecule has 0 aromatic rings. The second-order valence-electron chi connectivity index (χ2n) is 16.0. The van der Waals surface area contributed by atoms with Crippen LogP contribution in [0.3, 0.4) is 0 Å². The van der Waals surface area contributed by atoms with Crippen molar-refractivity contribution in [1.82, 2.24) is 21.3 Å². The van der Waals surface area contributed by atoms with Gasteiger partial charge in [0.2, 0.25) is 11.8 Å². The molecule has 4 rings (SSSR count). The van der Waals surface area contributed by atoms with Crippen LogP contribution >= 0.6 is 46.6 Å². The van der Waals surface area contributed by atoms with Crippen LogP contribution in [0, 0.1) is 11.8 Å². The third kappa shape index (κ3) is 14.9. The summed E-state index contributed by atoms with van der Waals surface area (Å²) in [4.78, 5) is 25.7. The van der Waals surface area contributed by atoms with E-state index >= 15 is 0 Å². The molecule has 4 aliphatic heterocycles. The molecule has 0 saturated carbocycles. The van der Waals surface area contributed by atoms with Crippen molar-refractivity contribution in [2.75, 3.05) is 31.9 Å². The van der Waals surface area contributed by atoms with E-state index in [0.29, 0.717) is 43.5 Å². The zero-order chi connectivity index (χ0) is 42.4. The molecule has 0 bridgehead atoms. The van der Waals surface area contributed by atoms with Gasteiger partial charge < -0.3 is 61.4 Å². The van der Waals surface area contributed by atoms with E-state index < -0.39 is 89.3 Å². The van der Waals surface area contributed by atoms with Gasteiger partial charge in [0.05, 0.1) is 47.7 Å². The summed E-state index contributed by atoms with van der Waals surface area (Å²) < 4.78 is 23.9. The number of nitrogens with one attached hydrogen (secondary N) is 4. The summed E-state index contributed by atoms with van der Waals surface area (Å²) in [6, 6.07) is -2.20. The number of alkyl halides is 4. The lowest BCUT2D eigenvalue weighted by Gasteiger charge is -2.44. The number of ether oxygens (including phenoxy) is 2. The van der Waals surface area contributed by atoms with E-state index in [9.17, 15) is 44.6 Å². The highest BCUT2D eigenvalue weighted by atomic mass is 35.5. The fraction of sp³-hybridized carbons (Fsp3) is 0.947. The largest absolute Gasteiger partial charge is 0.388 e. The maximum absolute atomic E-state index is 12.9. The number of aliphatic hydroxyl groups excluding tert-OH is 6. The molecule has 0 radical (unpaired) electrons. The van der Waals surface area contributed by atoms with Gasteiger partial charge in [-0.1, -0.05) is 0 Å². The van der Waals surface area contributed by atoms with Gasteiger partial charge in [-0.3, -0.25) is 14.0 Å². The highest BCUT2D eigenvalue weighted by Crippen LogP contribution is 2.31. The average Bonchev–Trinajstić information content (AvgIpc) is 3.58. The summed E-state index contributed by atoms with van der Waals surface area (Å²) in [7, 11) is 0. The minimum Gasteiger partial charge on any atom is -0.388 e. The monoisotopic (exact) mass is 896 g/mol. The maximum Gasteiger partial charge on any atom is 0.237 e. The molecule has 0 spiro atoms. The zero-order valence-electron chi connectivity index (χ0n) is 33.5. The number of rotatable bonds is 15. The van der Waals surface area contributed by atoms with Crippen molar-refractivity contribution in [2.24, 2.45) is 11.8 Å². The van der Waals surface area contributed by atoms with Gasteiger partial charge in [0.15, 0.2) is 0 Å². The van der Waals surface area contributed by atoms with Crippen molar-refractivity contribution in [1.29, 1.82) is 0 Å². The Kier molecular flexibility index (Phi) is 22.9. The number of hydrogen-bond acceptors (Lipinski definition) is 13. The second-order valence-corrected chi connectivity index (χ2v) is 18.7. The van der Waals surface area contributed by atoms with E-state index in [1.807, 2.05) is 0 Å². The highest BCUT2D eigenvalue weighted by Gasteiger charge is 2.49. The molecule has 4 heterocycles. The molecular weight excluding hydrogens is 830 g/mol. The maximum atomic E-state index is 12.9. The van der Waals surface area contributed by atoms with Crippen LogP contribution in [0.25, 0.3) is 0 Å². The average molecular weight is 898 g/mol. The lowest BCUT2D eigenvalue weighted by Crippen LogP contribution is -2.65. The molecule has 0 aromatic heterocycles. The molecule has 19 heteroatoms. The topological polar surface area (TPSA) is 222 Å². The fourth-order valence-corrected chi connectivity index (χ4v) is 9.42. The molecule has 0 aliphatic carbocycles. The summed E-state index contributed by atoms with van der Waals surface area (Å²) in [5.41, 5.74) is -0.736. The van der Waals surface area contributed by atoms with Crippen molar-refractivity contribution in [3.63, 3.8) is 0 Å². The third-order valence-electron chi connectivity index (χ3n) is 11.8. The Labute approximate surface area is 356 Å². The van der Waals surface area contributed by atoms with Gasteiger partial charge in [-0.2, -0.15) is 0 Å². The van der Waals surface area contributed by atoms with Crippen molar-refractivity contribution in [3.05, 3.63) is 0 Å². The van der Waals surface area contributed by atoms with Crippen LogP contribution in [0.15, 0.2) is 0 Å². The van der Waals surface area contributed by atoms with Gasteiger partial charge in [0.25, 0.3) is 0 Å². The first-order valence-corrected chi connectivity index (χ1v) is 23.1. The molecule has 18 atom stereocenters. The van der Waals surface area contributed by atoms with Gasteiger partial charge in [0.1, 0.15) is 54.3 Å². The van der Waals surface area contributed by atoms with Gasteiger partial charge in [-0.05, 0) is 116 Å². The van der Waals surface area contributed by atoms with E-state index in [1.165, 1.54) is 11.8 Å². The van der Waals surface area contributed by atoms with E-state index in [2.05, 4.69) is 21.3 Å². The van der Waals surface area contributed by atoms with Crippen LogP contribution in [0.5, 0.6) is 0 Å². The van der Waals surface area contributed by atoms with Crippen LogP contribution in [-0.4, -0.2) is 170 Å². The lowest BCUT2D eigenvalue weighted by molar-refractivity contribution is -0.223. The Morgan fingerprint density at radius 3 is 1.61 bits per heavy atom. The van der Waals surface area contributed by atoms with Crippen molar-refractivity contribution >= 4 is 58.4 Å². The van der Waals surface area contributed by atoms with Gasteiger partial charge >= 0.3 is 0 Å². The number of thioether (sulfide) groups is 1. The summed E-state index contributed by atoms with van der Waals surface area (Å²) >= 11 is 19.6. The number of aliphatic hydroxyl groups is 6. The molecule has 0 aromatic carbocycles. The molecule has 2 amide bonds. The fourth-order valence-electron chi connectivity index (χ4n) is 8.17. The van der Waals surface area contributed by atoms with Crippen molar-refractivity contribution in [3.8, 4) is 0 Å². The predicted molar refractivity (Wildman–Crippen MR) is 220 cm³/mol. The van der Waals surface area contributed by atoms with Gasteiger partial charge in [-0.25, -0.2) is 0 Å². The van der Waals surface area contributed by atoms with Crippen LogP contribution < -0.4 is 21.3 Å². The molecule has 4 aliphatic rings. The van der Waals surface area contributed by atoms with E-state index in [-0.39, 0.29) is 24.5 Å². The second kappa shape index (κ2) is 25.6. The smallest absolute Gasteiger partial charge is 0.237 e. The number of carbonyl (C=O) groups is 2. The molecule has 10 N–H and O–H groups in total. The van der Waals surface area contributed by atoms with Crippen molar-refractivity contribution in [2.45, 2.75) is 180 Å². The Balaban J connectivity index is 0.000000306. The minimum absolute atomic E-state index is 0.195. The third-order valence-corrected chi connectivity index (χ3v) is 13.4. The normalized spacial score (nSPS) is 38.6. The number of halogens is 4. The first-order valence-electron chi connectivity index (χ1n) is 20.5. The zero-order valence-corrected chi connectivity index (χ0v) is 36.6. The predicted octanol–water partition coefficient (Wildman–Crippen LogP) is 1.52. The molecule has 14 nitrogen and oxygen atoms in total. The number of amides is 2. The molecule has 4 saturated heterocycles. The van der Waals surface area contributed by atoms with Crippen LogP contribution in [0.2, 0.25) is 0 Å². The Bertz CT molecular complexity index is 1190. The van der Waals surface area contributed by atoms with Crippen LogP contribution in [-0.2, 0) is 19.1 Å². The number of carbonyl (C=O) groups excluding carboxylic acids is 2. The SMILES string of the molecule is CS[C@H]1O[C@H]([C@H](NC(=O)[C@@H]2CC[C@H](CCCF)CCN2)[C@H](C)Cl)[C@H](O)[C@H](O)[C@H]1O.C[C@H](Cl)[C@@H](NC(=O)[C@@H]1CC[C@H](CCCCl)CCN1)[C@H]1O[C@H](C)[C@H](O)[C@@H](O)[C@H]1O. The van der Waals surface area contributed by atoms with E-state index in [0.717, 1.165) is 51.5 Å². The van der Waals surface area contributed by atoms with Crippen LogP contribution in [0.4, 0.5) is 4.39 Å². The first-order chi connectivity index (χ1) is 27.1. The van der Waals surface area contributed by atoms with Gasteiger partial charge in [0, 0.05) is 5.88 Å². The quantitative estimate of drug-likeness (QED) is 0.106. The molecule has 0 unspecified atom stereocenters. The molecule has 334 valence electrons. The summed E-state index contributed by atoms with van der Waals surface area (Å²) in [6.45, 7) is 6.12. The Morgan fingerprint density at radius 1 is 0.719 bits per heavy atom.